The quantitative estimate of drug-likeness (QED) is 0.747. The van der Waals surface area contributed by atoms with Crippen molar-refractivity contribution >= 4 is 33.3 Å². The normalized spacial score (nSPS) is 13.9. The number of nitrogens with zero attached hydrogens (tertiary/aromatic N) is 2. The van der Waals surface area contributed by atoms with Crippen LogP contribution in [0.1, 0.15) is 11.3 Å². The van der Waals surface area contributed by atoms with Crippen LogP contribution in [0.2, 0.25) is 0 Å². The van der Waals surface area contributed by atoms with Gasteiger partial charge in [-0.25, -0.2) is 4.98 Å². The summed E-state index contributed by atoms with van der Waals surface area (Å²) in [5.74, 6) is 2.20. The number of aromatic amines is 1. The molecule has 0 aromatic carbocycles. The molecule has 0 saturated carbocycles. The van der Waals surface area contributed by atoms with Crippen molar-refractivity contribution in [1.82, 2.24) is 15.0 Å². The van der Waals surface area contributed by atoms with E-state index in [-0.39, 0.29) is 5.56 Å². The Balaban J connectivity index is 1.92. The maximum atomic E-state index is 12.0. The summed E-state index contributed by atoms with van der Waals surface area (Å²) in [6.07, 6.45) is 1.77. The average Bonchev–Trinajstić information content (AvgIpc) is 3.06. The van der Waals surface area contributed by atoms with Crippen LogP contribution in [0.3, 0.4) is 0 Å². The van der Waals surface area contributed by atoms with Crippen molar-refractivity contribution in [2.75, 3.05) is 0 Å². The molecule has 3 aromatic rings. The summed E-state index contributed by atoms with van der Waals surface area (Å²) < 4.78 is 1.11. The van der Waals surface area contributed by atoms with Crippen LogP contribution in [0.25, 0.3) is 21.6 Å². The van der Waals surface area contributed by atoms with Gasteiger partial charge in [0.25, 0.3) is 5.56 Å². The lowest BCUT2D eigenvalue weighted by Crippen LogP contribution is -2.15. The minimum atomic E-state index is -0.0173. The fraction of sp³-hybridized carbons (Fsp3) is 0.154. The van der Waals surface area contributed by atoms with Crippen LogP contribution < -0.4 is 5.56 Å². The topological polar surface area (TPSA) is 58.6 Å². The third-order valence-electron chi connectivity index (χ3n) is 3.16. The van der Waals surface area contributed by atoms with Gasteiger partial charge in [-0.15, -0.1) is 11.3 Å². The van der Waals surface area contributed by atoms with E-state index in [1.807, 2.05) is 17.5 Å². The van der Waals surface area contributed by atoms with Crippen molar-refractivity contribution in [2.45, 2.75) is 11.5 Å². The van der Waals surface area contributed by atoms with Crippen LogP contribution >= 0.6 is 23.1 Å². The molecule has 94 valence electrons. The molecule has 0 amide bonds. The number of thiophene rings is 1. The number of hydrogen-bond donors (Lipinski definition) is 1. The lowest BCUT2D eigenvalue weighted by molar-refractivity contribution is 1.03. The van der Waals surface area contributed by atoms with Crippen molar-refractivity contribution in [3.05, 3.63) is 45.3 Å². The second-order valence-electron chi connectivity index (χ2n) is 4.36. The van der Waals surface area contributed by atoms with Gasteiger partial charge in [0.1, 0.15) is 5.82 Å². The molecule has 1 N–H and O–H groups in total. The van der Waals surface area contributed by atoms with Crippen LogP contribution in [0.15, 0.2) is 28.5 Å². The first kappa shape index (κ1) is 11.2. The lowest BCUT2D eigenvalue weighted by atomic mass is 10.2. The average molecular weight is 287 g/mol. The number of rotatable bonds is 1. The van der Waals surface area contributed by atoms with E-state index in [9.17, 15) is 4.79 Å². The third-order valence-corrected chi connectivity index (χ3v) is 4.99. The number of thioether (sulfide) groups is 1. The first-order valence-corrected chi connectivity index (χ1v) is 7.88. The van der Waals surface area contributed by atoms with E-state index in [2.05, 4.69) is 15.0 Å². The summed E-state index contributed by atoms with van der Waals surface area (Å²) in [5, 5.41) is 2.01. The Morgan fingerprint density at radius 3 is 3.21 bits per heavy atom. The Morgan fingerprint density at radius 1 is 1.32 bits per heavy atom. The molecule has 4 heterocycles. The smallest absolute Gasteiger partial charge is 0.255 e. The van der Waals surface area contributed by atoms with E-state index in [0.717, 1.165) is 38.5 Å². The number of hydrogen-bond acceptors (Lipinski definition) is 5. The minimum absolute atomic E-state index is 0.0173. The third kappa shape index (κ3) is 1.79. The number of pyridine rings is 1. The molecule has 1 aliphatic heterocycles. The zero-order valence-electron chi connectivity index (χ0n) is 9.84. The highest BCUT2D eigenvalue weighted by Crippen LogP contribution is 2.28. The summed E-state index contributed by atoms with van der Waals surface area (Å²) in [6.45, 7) is 0. The number of nitrogens with one attached hydrogen (secondary N) is 1. The molecular weight excluding hydrogens is 278 g/mol. The molecule has 0 bridgehead atoms. The second-order valence-corrected chi connectivity index (χ2v) is 6.29. The highest BCUT2D eigenvalue weighted by molar-refractivity contribution is 7.98. The van der Waals surface area contributed by atoms with E-state index in [4.69, 9.17) is 0 Å². The van der Waals surface area contributed by atoms with Crippen molar-refractivity contribution in [3.8, 4) is 11.4 Å². The first-order chi connectivity index (χ1) is 9.31. The number of aromatic nitrogens is 3. The maximum Gasteiger partial charge on any atom is 0.255 e. The molecule has 0 radical (unpaired) electrons. The first-order valence-electron chi connectivity index (χ1n) is 5.85. The molecule has 19 heavy (non-hydrogen) atoms. The standard InChI is InChI=1S/C13H9N3OS2/c17-13-8-5-18-6-10(8)15-12(16-13)7-3-11-9(14-4-7)1-2-19-11/h1-4H,5-6H2,(H,15,16,17). The predicted octanol–water partition coefficient (Wildman–Crippen LogP) is 2.79. The molecule has 0 atom stereocenters. The van der Waals surface area contributed by atoms with Crippen LogP contribution in [-0.4, -0.2) is 15.0 Å². The monoisotopic (exact) mass is 287 g/mol. The number of fused-ring (bicyclic) bond motifs is 2. The highest BCUT2D eigenvalue weighted by atomic mass is 32.2. The highest BCUT2D eigenvalue weighted by Gasteiger charge is 2.18. The fourth-order valence-corrected chi connectivity index (χ4v) is 3.99. The van der Waals surface area contributed by atoms with E-state index in [1.165, 1.54) is 0 Å². The lowest BCUT2D eigenvalue weighted by Gasteiger charge is -2.03. The Hall–Kier alpha value is -1.66. The van der Waals surface area contributed by atoms with E-state index in [0.29, 0.717) is 5.82 Å². The summed E-state index contributed by atoms with van der Waals surface area (Å²) in [4.78, 5) is 23.8. The molecule has 3 aromatic heterocycles. The molecule has 0 fully saturated rings. The number of H-pyrrole nitrogens is 1. The minimum Gasteiger partial charge on any atom is -0.306 e. The molecule has 4 nitrogen and oxygen atoms in total. The van der Waals surface area contributed by atoms with Gasteiger partial charge in [0, 0.05) is 28.8 Å². The van der Waals surface area contributed by atoms with Crippen LogP contribution in [0.4, 0.5) is 0 Å². The van der Waals surface area contributed by atoms with Crippen LogP contribution in [0, 0.1) is 0 Å². The van der Waals surface area contributed by atoms with Crippen molar-refractivity contribution < 1.29 is 0 Å². The summed E-state index contributed by atoms with van der Waals surface area (Å²) >= 11 is 3.37. The van der Waals surface area contributed by atoms with Gasteiger partial charge in [0.15, 0.2) is 0 Å². The predicted molar refractivity (Wildman–Crippen MR) is 78.5 cm³/mol. The van der Waals surface area contributed by atoms with Crippen molar-refractivity contribution in [2.24, 2.45) is 0 Å². The molecule has 1 aliphatic rings. The Kier molecular flexibility index (Phi) is 2.46. The second kappa shape index (κ2) is 4.18. The van der Waals surface area contributed by atoms with Crippen molar-refractivity contribution in [3.63, 3.8) is 0 Å². The summed E-state index contributed by atoms with van der Waals surface area (Å²) in [5.41, 5.74) is 3.56. The fourth-order valence-electron chi connectivity index (χ4n) is 2.18. The van der Waals surface area contributed by atoms with E-state index in [1.54, 1.807) is 29.3 Å². The zero-order valence-corrected chi connectivity index (χ0v) is 11.5. The molecule has 0 aliphatic carbocycles. The molecule has 6 heteroatoms. The summed E-state index contributed by atoms with van der Waals surface area (Å²) in [7, 11) is 0. The summed E-state index contributed by atoms with van der Waals surface area (Å²) in [6, 6.07) is 4.01. The molecule has 0 saturated heterocycles. The van der Waals surface area contributed by atoms with Crippen LogP contribution in [-0.2, 0) is 11.5 Å². The SMILES string of the molecule is O=c1[nH]c(-c2cnc3ccsc3c2)nc2c1CSC2. The Bertz CT molecular complexity index is 837. The zero-order chi connectivity index (χ0) is 12.8. The van der Waals surface area contributed by atoms with E-state index >= 15 is 0 Å². The Labute approximate surface area is 116 Å². The van der Waals surface area contributed by atoms with Gasteiger partial charge in [0.2, 0.25) is 0 Å². The van der Waals surface area contributed by atoms with Gasteiger partial charge in [-0.1, -0.05) is 0 Å². The van der Waals surface area contributed by atoms with Crippen LogP contribution in [0.5, 0.6) is 0 Å². The maximum absolute atomic E-state index is 12.0. The molecular formula is C13H9N3OS2. The largest absolute Gasteiger partial charge is 0.306 e. The van der Waals surface area contributed by atoms with E-state index < -0.39 is 0 Å². The van der Waals surface area contributed by atoms with Gasteiger partial charge in [-0.3, -0.25) is 9.78 Å². The van der Waals surface area contributed by atoms with Gasteiger partial charge >= 0.3 is 0 Å². The molecule has 0 spiro atoms. The van der Waals surface area contributed by atoms with Crippen molar-refractivity contribution in [1.29, 1.82) is 0 Å². The Morgan fingerprint density at radius 2 is 2.26 bits per heavy atom. The molecule has 0 unspecified atom stereocenters. The van der Waals surface area contributed by atoms with Gasteiger partial charge in [0.05, 0.1) is 15.9 Å². The molecule has 4 rings (SSSR count). The van der Waals surface area contributed by atoms with Gasteiger partial charge in [-0.2, -0.15) is 11.8 Å². The van der Waals surface area contributed by atoms with Gasteiger partial charge in [-0.05, 0) is 17.5 Å². The van der Waals surface area contributed by atoms with Gasteiger partial charge < -0.3 is 4.98 Å².